The van der Waals surface area contributed by atoms with Gasteiger partial charge in [0.05, 0.1) is 12.7 Å². The van der Waals surface area contributed by atoms with Crippen LogP contribution in [0.25, 0.3) is 0 Å². The lowest BCUT2D eigenvalue weighted by molar-refractivity contribution is -0.128. The fraction of sp³-hybridized carbons (Fsp3) is 0.577. The van der Waals surface area contributed by atoms with Gasteiger partial charge in [-0.25, -0.2) is 9.37 Å². The molecule has 3 heterocycles. The Hall–Kier alpha value is -3.28. The number of carbonyl (C=O) groups excluding carboxylic acids is 1. The number of alkyl halides is 2. The van der Waals surface area contributed by atoms with Crippen molar-refractivity contribution in [3.8, 4) is 11.5 Å². The highest BCUT2D eigenvalue weighted by Crippen LogP contribution is 2.34. The Labute approximate surface area is 220 Å². The second kappa shape index (κ2) is 11.2. The van der Waals surface area contributed by atoms with Gasteiger partial charge in [-0.3, -0.25) is 4.79 Å². The number of nitrogens with one attached hydrogen (secondary N) is 3. The summed E-state index contributed by atoms with van der Waals surface area (Å²) in [5.74, 6) is -0.463. The minimum absolute atomic E-state index is 0.0168. The van der Waals surface area contributed by atoms with Crippen LogP contribution in [0.5, 0.6) is 11.5 Å². The summed E-state index contributed by atoms with van der Waals surface area (Å²) < 4.78 is 51.0. The number of rotatable bonds is 10. The minimum atomic E-state index is -3.07. The Morgan fingerprint density at radius 1 is 1.18 bits per heavy atom. The van der Waals surface area contributed by atoms with Crippen molar-refractivity contribution in [3.05, 3.63) is 30.2 Å². The maximum Gasteiger partial charge on any atom is 0.387 e. The highest BCUT2D eigenvalue weighted by Gasteiger charge is 2.38. The Bertz CT molecular complexity index is 1130. The summed E-state index contributed by atoms with van der Waals surface area (Å²) in [6.07, 6.45) is 3.91. The van der Waals surface area contributed by atoms with Crippen LogP contribution in [-0.2, 0) is 4.79 Å². The molecule has 3 N–H and O–H groups in total. The predicted molar refractivity (Wildman–Crippen MR) is 138 cm³/mol. The molecule has 0 atom stereocenters. The van der Waals surface area contributed by atoms with Crippen LogP contribution in [0.3, 0.4) is 0 Å². The Morgan fingerprint density at radius 2 is 1.92 bits per heavy atom. The van der Waals surface area contributed by atoms with Crippen LogP contribution in [0, 0.1) is 5.82 Å². The average Bonchev–Trinajstić information content (AvgIpc) is 3.19. The second-order valence-electron chi connectivity index (χ2n) is 11.0. The first-order valence-electron chi connectivity index (χ1n) is 12.7. The van der Waals surface area contributed by atoms with E-state index in [0.717, 1.165) is 25.5 Å². The van der Waals surface area contributed by atoms with Gasteiger partial charge in [0, 0.05) is 41.8 Å². The Morgan fingerprint density at radius 3 is 2.58 bits per heavy atom. The number of hydrogen-bond donors (Lipinski definition) is 3. The van der Waals surface area contributed by atoms with E-state index in [2.05, 4.69) is 58.4 Å². The number of ether oxygens (including phenoxy) is 2. The van der Waals surface area contributed by atoms with E-state index in [9.17, 15) is 18.0 Å². The minimum Gasteiger partial charge on any atom is -0.488 e. The van der Waals surface area contributed by atoms with E-state index >= 15 is 0 Å². The largest absolute Gasteiger partial charge is 0.488 e. The molecule has 0 aliphatic carbocycles. The molecule has 0 saturated carbocycles. The normalized spacial score (nSPS) is 19.1. The molecular weight excluding hydrogens is 501 g/mol. The average molecular weight is 537 g/mol. The van der Waals surface area contributed by atoms with Gasteiger partial charge in [-0.2, -0.15) is 13.8 Å². The van der Waals surface area contributed by atoms with Gasteiger partial charge in [-0.05, 0) is 59.1 Å². The molecule has 2 aromatic rings. The van der Waals surface area contributed by atoms with E-state index in [4.69, 9.17) is 4.74 Å². The Balaban J connectivity index is 1.45. The standard InChI is InChI=1S/C26H35F3N6O3/c1-25(2)13-17(14-26(3,4)34-25)31-22-18(27)15-30-24(33-22)32-16-7-8-19(20(12-16)38-23(28)29)37-11-10-35-9-5-6-21(35)36/h7-8,12,15,17,23,34H,5-6,9-11,13-14H2,1-4H3,(H2,30,31,32,33). The number of nitrogens with zero attached hydrogens (tertiary/aromatic N) is 3. The summed E-state index contributed by atoms with van der Waals surface area (Å²) in [5.41, 5.74) is 0.0714. The fourth-order valence-electron chi connectivity index (χ4n) is 5.37. The second-order valence-corrected chi connectivity index (χ2v) is 11.0. The third-order valence-electron chi connectivity index (χ3n) is 6.48. The molecule has 0 radical (unpaired) electrons. The number of piperidine rings is 1. The molecule has 0 unspecified atom stereocenters. The molecule has 12 heteroatoms. The van der Waals surface area contributed by atoms with E-state index in [0.29, 0.717) is 25.2 Å². The van der Waals surface area contributed by atoms with E-state index in [1.165, 1.54) is 12.1 Å². The highest BCUT2D eigenvalue weighted by molar-refractivity contribution is 5.78. The van der Waals surface area contributed by atoms with Gasteiger partial charge in [0.25, 0.3) is 0 Å². The summed E-state index contributed by atoms with van der Waals surface area (Å²) in [6, 6.07) is 4.39. The molecule has 2 aliphatic heterocycles. The molecule has 0 spiro atoms. The first-order valence-corrected chi connectivity index (χ1v) is 12.7. The van der Waals surface area contributed by atoms with Crippen LogP contribution in [0.1, 0.15) is 53.4 Å². The van der Waals surface area contributed by atoms with Crippen LogP contribution in [0.2, 0.25) is 0 Å². The van der Waals surface area contributed by atoms with Gasteiger partial charge in [0.2, 0.25) is 11.9 Å². The molecule has 0 bridgehead atoms. The molecule has 1 amide bonds. The van der Waals surface area contributed by atoms with Crippen LogP contribution < -0.4 is 25.4 Å². The zero-order valence-electron chi connectivity index (χ0n) is 22.1. The van der Waals surface area contributed by atoms with Gasteiger partial charge in [-0.15, -0.1) is 0 Å². The molecule has 2 fully saturated rings. The third-order valence-corrected chi connectivity index (χ3v) is 6.48. The van der Waals surface area contributed by atoms with Crippen LogP contribution in [0.4, 0.5) is 30.6 Å². The van der Waals surface area contributed by atoms with Gasteiger partial charge in [0.1, 0.15) is 6.61 Å². The summed E-state index contributed by atoms with van der Waals surface area (Å²) >= 11 is 0. The SMILES string of the molecule is CC1(C)CC(Nc2nc(Nc3ccc(OCCN4CCCC4=O)c(OC(F)F)c3)ncc2F)CC(C)(C)N1. The summed E-state index contributed by atoms with van der Waals surface area (Å²) in [5, 5.41) is 9.71. The first-order chi connectivity index (χ1) is 17.9. The van der Waals surface area contributed by atoms with Crippen molar-refractivity contribution in [2.45, 2.75) is 77.1 Å². The molecule has 1 aromatic heterocycles. The predicted octanol–water partition coefficient (Wildman–Crippen LogP) is 4.68. The van der Waals surface area contributed by atoms with Crippen LogP contribution in [0.15, 0.2) is 24.4 Å². The van der Waals surface area contributed by atoms with Crippen molar-refractivity contribution in [1.29, 1.82) is 0 Å². The van der Waals surface area contributed by atoms with Crippen LogP contribution >= 0.6 is 0 Å². The number of halogens is 3. The number of aromatic nitrogens is 2. The highest BCUT2D eigenvalue weighted by atomic mass is 19.3. The molecule has 38 heavy (non-hydrogen) atoms. The van der Waals surface area contributed by atoms with E-state index in [1.807, 2.05) is 0 Å². The third kappa shape index (κ3) is 7.40. The number of benzene rings is 1. The van der Waals surface area contributed by atoms with Gasteiger partial charge < -0.3 is 30.3 Å². The number of carbonyl (C=O) groups is 1. The van der Waals surface area contributed by atoms with Gasteiger partial charge in [0.15, 0.2) is 23.1 Å². The van der Waals surface area contributed by atoms with E-state index < -0.39 is 12.4 Å². The van der Waals surface area contributed by atoms with Gasteiger partial charge in [-0.1, -0.05) is 0 Å². The molecular formula is C26H35F3N6O3. The number of hydrogen-bond acceptors (Lipinski definition) is 8. The van der Waals surface area contributed by atoms with Crippen molar-refractivity contribution in [1.82, 2.24) is 20.2 Å². The van der Waals surface area contributed by atoms with E-state index in [1.54, 1.807) is 11.0 Å². The zero-order chi connectivity index (χ0) is 27.5. The summed E-state index contributed by atoms with van der Waals surface area (Å²) in [7, 11) is 0. The summed E-state index contributed by atoms with van der Waals surface area (Å²) in [6.45, 7) is 6.50. The monoisotopic (exact) mass is 536 g/mol. The molecule has 4 rings (SSSR count). The van der Waals surface area contributed by atoms with Crippen LogP contribution in [-0.4, -0.2) is 64.2 Å². The molecule has 2 aliphatic rings. The van der Waals surface area contributed by atoms with Crippen molar-refractivity contribution in [2.75, 3.05) is 30.3 Å². The Kier molecular flexibility index (Phi) is 8.19. The fourth-order valence-corrected chi connectivity index (χ4v) is 5.37. The summed E-state index contributed by atoms with van der Waals surface area (Å²) in [4.78, 5) is 21.7. The molecule has 2 saturated heterocycles. The van der Waals surface area contributed by atoms with Crippen molar-refractivity contribution in [3.63, 3.8) is 0 Å². The number of likely N-dealkylation sites (tertiary alicyclic amines) is 1. The molecule has 208 valence electrons. The molecule has 1 aromatic carbocycles. The maximum atomic E-state index is 14.6. The van der Waals surface area contributed by atoms with E-state index in [-0.39, 0.29) is 52.9 Å². The first kappa shape index (κ1) is 27.7. The van der Waals surface area contributed by atoms with Crippen molar-refractivity contribution in [2.24, 2.45) is 0 Å². The zero-order valence-corrected chi connectivity index (χ0v) is 22.1. The topological polar surface area (TPSA) is 101 Å². The van der Waals surface area contributed by atoms with Crippen molar-refractivity contribution < 1.29 is 27.4 Å². The lowest BCUT2D eigenvalue weighted by Gasteiger charge is -2.46. The van der Waals surface area contributed by atoms with Crippen molar-refractivity contribution >= 4 is 23.4 Å². The number of anilines is 3. The molecule has 9 nitrogen and oxygen atoms in total. The lowest BCUT2D eigenvalue weighted by Crippen LogP contribution is -2.60. The maximum absolute atomic E-state index is 14.6. The van der Waals surface area contributed by atoms with Gasteiger partial charge >= 0.3 is 6.61 Å². The quantitative estimate of drug-likeness (QED) is 0.403. The number of amides is 1. The lowest BCUT2D eigenvalue weighted by atomic mass is 9.79. The smallest absolute Gasteiger partial charge is 0.387 e.